The summed E-state index contributed by atoms with van der Waals surface area (Å²) in [5.41, 5.74) is 3.38. The predicted molar refractivity (Wildman–Crippen MR) is 89.3 cm³/mol. The zero-order chi connectivity index (χ0) is 16.5. The van der Waals surface area contributed by atoms with Gasteiger partial charge in [0.25, 0.3) is 5.91 Å². The van der Waals surface area contributed by atoms with Gasteiger partial charge in [-0.3, -0.25) is 9.89 Å². The van der Waals surface area contributed by atoms with E-state index in [-0.39, 0.29) is 5.91 Å². The number of carbonyl (C=O) groups is 1. The number of nitrogens with one attached hydrogen (secondary N) is 2. The Labute approximate surface area is 138 Å². The number of amides is 1. The van der Waals surface area contributed by atoms with Gasteiger partial charge >= 0.3 is 0 Å². The molecule has 24 heavy (non-hydrogen) atoms. The molecule has 3 aromatic rings. The number of para-hydroxylation sites is 3. The molecule has 0 saturated carbocycles. The first-order valence-electron chi connectivity index (χ1n) is 7.51. The molecule has 0 unspecified atom stereocenters. The van der Waals surface area contributed by atoms with Crippen LogP contribution in [0.2, 0.25) is 0 Å². The van der Waals surface area contributed by atoms with E-state index in [9.17, 15) is 4.79 Å². The molecule has 2 aromatic carbocycles. The standard InChI is InChI=1S/C18H15N3O3/c1-23-15-9-5-3-7-13(15)19-18(22)17-12-10-24-14-8-4-2-6-11(14)16(12)20-21-17/h2-9H,10H2,1H3,(H,19,22)(H,20,21). The summed E-state index contributed by atoms with van der Waals surface area (Å²) in [6.07, 6.45) is 0. The van der Waals surface area contributed by atoms with Crippen molar-refractivity contribution >= 4 is 11.6 Å². The van der Waals surface area contributed by atoms with Gasteiger partial charge in [-0.1, -0.05) is 24.3 Å². The minimum Gasteiger partial charge on any atom is -0.495 e. The van der Waals surface area contributed by atoms with E-state index in [0.29, 0.717) is 23.7 Å². The van der Waals surface area contributed by atoms with Crippen LogP contribution in [-0.4, -0.2) is 23.2 Å². The van der Waals surface area contributed by atoms with Crippen molar-refractivity contribution < 1.29 is 14.3 Å². The van der Waals surface area contributed by atoms with Crippen molar-refractivity contribution in [3.63, 3.8) is 0 Å². The van der Waals surface area contributed by atoms with Gasteiger partial charge in [-0.05, 0) is 24.3 Å². The van der Waals surface area contributed by atoms with Crippen LogP contribution in [-0.2, 0) is 6.61 Å². The second-order valence-electron chi connectivity index (χ2n) is 5.37. The lowest BCUT2D eigenvalue weighted by molar-refractivity contribution is 0.101. The normalized spacial score (nSPS) is 11.9. The molecule has 1 aliphatic heterocycles. The third-order valence-corrected chi connectivity index (χ3v) is 3.96. The minimum absolute atomic E-state index is 0.281. The van der Waals surface area contributed by atoms with Crippen molar-refractivity contribution in [2.75, 3.05) is 12.4 Å². The number of methoxy groups -OCH3 is 1. The van der Waals surface area contributed by atoms with Crippen LogP contribution in [0, 0.1) is 0 Å². The van der Waals surface area contributed by atoms with E-state index in [0.717, 1.165) is 22.6 Å². The number of nitrogens with zero attached hydrogens (tertiary/aromatic N) is 1. The molecule has 6 nitrogen and oxygen atoms in total. The van der Waals surface area contributed by atoms with Crippen LogP contribution < -0.4 is 14.8 Å². The quantitative estimate of drug-likeness (QED) is 0.776. The Balaban J connectivity index is 1.67. The first-order valence-corrected chi connectivity index (χ1v) is 7.51. The van der Waals surface area contributed by atoms with Gasteiger partial charge in [0.2, 0.25) is 0 Å². The molecule has 0 bridgehead atoms. The molecule has 120 valence electrons. The molecular weight excluding hydrogens is 306 g/mol. The molecule has 2 N–H and O–H groups in total. The third-order valence-electron chi connectivity index (χ3n) is 3.96. The highest BCUT2D eigenvalue weighted by atomic mass is 16.5. The smallest absolute Gasteiger partial charge is 0.274 e. The lowest BCUT2D eigenvalue weighted by Crippen LogP contribution is -2.16. The Bertz CT molecular complexity index is 917. The first-order chi connectivity index (χ1) is 11.8. The topological polar surface area (TPSA) is 76.2 Å². The van der Waals surface area contributed by atoms with Gasteiger partial charge in [0, 0.05) is 11.1 Å². The molecule has 6 heteroatoms. The molecule has 0 aliphatic carbocycles. The summed E-state index contributed by atoms with van der Waals surface area (Å²) in [7, 11) is 1.56. The Kier molecular flexibility index (Phi) is 3.42. The van der Waals surface area contributed by atoms with Crippen molar-refractivity contribution in [1.82, 2.24) is 10.2 Å². The van der Waals surface area contributed by atoms with Crippen molar-refractivity contribution in [2.24, 2.45) is 0 Å². The average Bonchev–Trinajstić information content (AvgIpc) is 3.07. The summed E-state index contributed by atoms with van der Waals surface area (Å²) in [5, 5.41) is 9.99. The number of H-pyrrole nitrogens is 1. The maximum absolute atomic E-state index is 12.6. The van der Waals surface area contributed by atoms with Crippen LogP contribution in [0.15, 0.2) is 48.5 Å². The Morgan fingerprint density at radius 3 is 2.88 bits per heavy atom. The number of fused-ring (bicyclic) bond motifs is 3. The van der Waals surface area contributed by atoms with Crippen LogP contribution in [0.3, 0.4) is 0 Å². The van der Waals surface area contributed by atoms with Gasteiger partial charge in [0.15, 0.2) is 0 Å². The SMILES string of the molecule is COc1ccccc1NC(=O)c1[nH]nc2c1COc1ccccc1-2. The summed E-state index contributed by atoms with van der Waals surface area (Å²) in [6.45, 7) is 0.303. The summed E-state index contributed by atoms with van der Waals surface area (Å²) in [5.74, 6) is 1.09. The van der Waals surface area contributed by atoms with Gasteiger partial charge in [0.05, 0.1) is 12.8 Å². The number of aromatic amines is 1. The number of anilines is 1. The second kappa shape index (κ2) is 5.73. The Morgan fingerprint density at radius 2 is 2.00 bits per heavy atom. The number of hydrogen-bond donors (Lipinski definition) is 2. The highest BCUT2D eigenvalue weighted by Gasteiger charge is 2.26. The van der Waals surface area contributed by atoms with E-state index in [2.05, 4.69) is 15.5 Å². The molecule has 1 aliphatic rings. The summed E-state index contributed by atoms with van der Waals surface area (Å²) in [4.78, 5) is 12.6. The van der Waals surface area contributed by atoms with Crippen LogP contribution in [0.4, 0.5) is 5.69 Å². The number of rotatable bonds is 3. The number of ether oxygens (including phenoxy) is 2. The number of benzene rings is 2. The maximum atomic E-state index is 12.6. The van der Waals surface area contributed by atoms with Gasteiger partial charge in [-0.25, -0.2) is 0 Å². The van der Waals surface area contributed by atoms with Crippen molar-refractivity contribution in [3.05, 3.63) is 59.8 Å². The number of hydrogen-bond acceptors (Lipinski definition) is 4. The molecule has 0 radical (unpaired) electrons. The van der Waals surface area contributed by atoms with Gasteiger partial charge in [-0.2, -0.15) is 5.10 Å². The highest BCUT2D eigenvalue weighted by Crippen LogP contribution is 2.37. The fraction of sp³-hybridized carbons (Fsp3) is 0.111. The third kappa shape index (κ3) is 2.28. The monoisotopic (exact) mass is 321 g/mol. The zero-order valence-electron chi connectivity index (χ0n) is 13.0. The van der Waals surface area contributed by atoms with Crippen LogP contribution in [0.1, 0.15) is 16.1 Å². The molecule has 0 spiro atoms. The van der Waals surface area contributed by atoms with Gasteiger partial charge in [0.1, 0.15) is 29.5 Å². The minimum atomic E-state index is -0.281. The summed E-state index contributed by atoms with van der Waals surface area (Å²) < 4.78 is 11.0. The van der Waals surface area contributed by atoms with Gasteiger partial charge < -0.3 is 14.8 Å². The average molecular weight is 321 g/mol. The Morgan fingerprint density at radius 1 is 1.21 bits per heavy atom. The van der Waals surface area contributed by atoms with E-state index in [1.54, 1.807) is 19.2 Å². The van der Waals surface area contributed by atoms with E-state index in [4.69, 9.17) is 9.47 Å². The van der Waals surface area contributed by atoms with Crippen molar-refractivity contribution in [1.29, 1.82) is 0 Å². The molecule has 0 fully saturated rings. The molecule has 2 heterocycles. The van der Waals surface area contributed by atoms with E-state index < -0.39 is 0 Å². The Hall–Kier alpha value is -3.28. The molecule has 4 rings (SSSR count). The highest BCUT2D eigenvalue weighted by molar-refractivity contribution is 6.05. The predicted octanol–water partition coefficient (Wildman–Crippen LogP) is 3.23. The number of carbonyl (C=O) groups excluding carboxylic acids is 1. The number of aromatic nitrogens is 2. The van der Waals surface area contributed by atoms with E-state index in [1.807, 2.05) is 36.4 Å². The van der Waals surface area contributed by atoms with Gasteiger partial charge in [-0.15, -0.1) is 0 Å². The molecule has 0 saturated heterocycles. The molecule has 0 atom stereocenters. The van der Waals surface area contributed by atoms with E-state index >= 15 is 0 Å². The van der Waals surface area contributed by atoms with E-state index in [1.165, 1.54) is 0 Å². The van der Waals surface area contributed by atoms with Crippen LogP contribution >= 0.6 is 0 Å². The fourth-order valence-electron chi connectivity index (χ4n) is 2.79. The van der Waals surface area contributed by atoms with Crippen LogP contribution in [0.25, 0.3) is 11.3 Å². The van der Waals surface area contributed by atoms with Crippen LogP contribution in [0.5, 0.6) is 11.5 Å². The lowest BCUT2D eigenvalue weighted by atomic mass is 10.0. The zero-order valence-corrected chi connectivity index (χ0v) is 13.0. The summed E-state index contributed by atoms with van der Waals surface area (Å²) in [6, 6.07) is 14.9. The lowest BCUT2D eigenvalue weighted by Gasteiger charge is -2.17. The van der Waals surface area contributed by atoms with Crippen molar-refractivity contribution in [2.45, 2.75) is 6.61 Å². The first kappa shape index (κ1) is 14.3. The molecule has 1 aromatic heterocycles. The maximum Gasteiger partial charge on any atom is 0.274 e. The summed E-state index contributed by atoms with van der Waals surface area (Å²) >= 11 is 0. The molecule has 1 amide bonds. The van der Waals surface area contributed by atoms with Crippen molar-refractivity contribution in [3.8, 4) is 22.8 Å². The second-order valence-corrected chi connectivity index (χ2v) is 5.37. The fourth-order valence-corrected chi connectivity index (χ4v) is 2.79. The largest absolute Gasteiger partial charge is 0.495 e. The molecular formula is C18H15N3O3.